The number of hydrogen-bond acceptors (Lipinski definition) is 4. The lowest BCUT2D eigenvalue weighted by Gasteiger charge is -2.36. The summed E-state index contributed by atoms with van der Waals surface area (Å²) >= 11 is 0. The largest absolute Gasteiger partial charge is 0.387 e. The molecule has 1 N–H and O–H groups in total. The van der Waals surface area contributed by atoms with Crippen LogP contribution in [0.1, 0.15) is 32.6 Å². The normalized spacial score (nSPS) is 47.2. The van der Waals surface area contributed by atoms with E-state index in [1.165, 1.54) is 12.8 Å². The lowest BCUT2D eigenvalue weighted by Crippen LogP contribution is -2.50. The Morgan fingerprint density at radius 1 is 1.47 bits per heavy atom. The maximum atomic E-state index is 10.9. The quantitative estimate of drug-likeness (QED) is 0.774. The highest BCUT2D eigenvalue weighted by molar-refractivity contribution is 5.18. The van der Waals surface area contributed by atoms with Crippen LogP contribution in [0.5, 0.6) is 0 Å². The molecule has 0 spiro atoms. The number of nitriles is 1. The highest BCUT2D eigenvalue weighted by Gasteiger charge is 2.59. The molecular formula is C13H20N2O2. The van der Waals surface area contributed by atoms with E-state index in [1.54, 1.807) is 0 Å². The molecule has 3 rings (SSSR count). The monoisotopic (exact) mass is 236 g/mol. The minimum absolute atomic E-state index is 0.387. The van der Waals surface area contributed by atoms with Crippen LogP contribution >= 0.6 is 0 Å². The van der Waals surface area contributed by atoms with Crippen LogP contribution < -0.4 is 0 Å². The predicted molar refractivity (Wildman–Crippen MR) is 62.2 cm³/mol. The number of ether oxygens (including phenoxy) is 1. The Kier molecular flexibility index (Phi) is 2.48. The van der Waals surface area contributed by atoms with Gasteiger partial charge in [-0.3, -0.25) is 4.90 Å². The molecule has 4 heteroatoms. The molecule has 0 aromatic rings. The van der Waals surface area contributed by atoms with Gasteiger partial charge in [-0.2, -0.15) is 5.26 Å². The molecule has 17 heavy (non-hydrogen) atoms. The molecule has 3 atom stereocenters. The topological polar surface area (TPSA) is 56.5 Å². The van der Waals surface area contributed by atoms with E-state index >= 15 is 0 Å². The highest BCUT2D eigenvalue weighted by Crippen LogP contribution is 2.48. The van der Waals surface area contributed by atoms with Crippen LogP contribution in [0.2, 0.25) is 0 Å². The van der Waals surface area contributed by atoms with Crippen molar-refractivity contribution in [1.82, 2.24) is 4.90 Å². The first kappa shape index (κ1) is 11.5. The Labute approximate surface area is 102 Å². The van der Waals surface area contributed by atoms with E-state index in [1.807, 2.05) is 0 Å². The lowest BCUT2D eigenvalue weighted by molar-refractivity contribution is -0.0493. The van der Waals surface area contributed by atoms with Crippen molar-refractivity contribution in [3.63, 3.8) is 0 Å². The molecule has 4 nitrogen and oxygen atoms in total. The fourth-order valence-corrected chi connectivity index (χ4v) is 3.49. The summed E-state index contributed by atoms with van der Waals surface area (Å²) in [5.41, 5.74) is -1.55. The maximum Gasteiger partial charge on any atom is 0.113 e. The van der Waals surface area contributed by atoms with E-state index in [2.05, 4.69) is 17.9 Å². The molecule has 0 aromatic carbocycles. The summed E-state index contributed by atoms with van der Waals surface area (Å²) in [5, 5.41) is 20.4. The van der Waals surface area contributed by atoms with Crippen molar-refractivity contribution in [2.45, 2.75) is 50.3 Å². The first-order chi connectivity index (χ1) is 8.10. The van der Waals surface area contributed by atoms with Gasteiger partial charge in [0.25, 0.3) is 0 Å². The molecule has 3 unspecified atom stereocenters. The second-order valence-corrected chi connectivity index (χ2v) is 5.98. The van der Waals surface area contributed by atoms with Crippen molar-refractivity contribution >= 4 is 0 Å². The van der Waals surface area contributed by atoms with Gasteiger partial charge in [-0.25, -0.2) is 0 Å². The van der Waals surface area contributed by atoms with Gasteiger partial charge in [0.05, 0.1) is 18.3 Å². The van der Waals surface area contributed by atoms with Gasteiger partial charge in [0.1, 0.15) is 5.41 Å². The van der Waals surface area contributed by atoms with Crippen molar-refractivity contribution in [2.75, 3.05) is 19.8 Å². The Bertz CT molecular complexity index is 355. The zero-order valence-electron chi connectivity index (χ0n) is 10.4. The second-order valence-electron chi connectivity index (χ2n) is 5.98. The van der Waals surface area contributed by atoms with Crippen LogP contribution in [0, 0.1) is 16.7 Å². The van der Waals surface area contributed by atoms with E-state index in [9.17, 15) is 10.4 Å². The lowest BCUT2D eigenvalue weighted by atomic mass is 9.71. The van der Waals surface area contributed by atoms with Gasteiger partial charge in [-0.05, 0) is 32.6 Å². The van der Waals surface area contributed by atoms with E-state index < -0.39 is 11.0 Å². The van der Waals surface area contributed by atoms with Gasteiger partial charge in [0, 0.05) is 25.2 Å². The number of rotatable bonds is 2. The number of hydrogen-bond donors (Lipinski definition) is 1. The first-order valence-electron chi connectivity index (χ1n) is 6.57. The molecule has 0 amide bonds. The zero-order chi connectivity index (χ0) is 12.1. The third-order valence-electron chi connectivity index (χ3n) is 4.79. The van der Waals surface area contributed by atoms with Gasteiger partial charge in [-0.1, -0.05) is 0 Å². The zero-order valence-corrected chi connectivity index (χ0v) is 10.4. The number of aliphatic hydroxyl groups is 1. The van der Waals surface area contributed by atoms with Crippen LogP contribution in [0.15, 0.2) is 0 Å². The molecule has 1 saturated carbocycles. The molecular weight excluding hydrogens is 216 g/mol. The molecule has 0 radical (unpaired) electrons. The molecule has 3 fully saturated rings. The summed E-state index contributed by atoms with van der Waals surface area (Å²) in [7, 11) is 0. The van der Waals surface area contributed by atoms with Crippen LogP contribution in [-0.2, 0) is 4.74 Å². The SMILES string of the molecule is CC1CC(O)(C2(C#N)CCOC2)CN1C1CC1. The standard InChI is InChI=1S/C13H20N2O2/c1-10-6-13(16,8-15(10)11-2-3-11)12(7-14)4-5-17-9-12/h10-11,16H,2-6,8-9H2,1H3. The van der Waals surface area contributed by atoms with Crippen molar-refractivity contribution in [3.05, 3.63) is 0 Å². The fourth-order valence-electron chi connectivity index (χ4n) is 3.49. The summed E-state index contributed by atoms with van der Waals surface area (Å²) in [5.74, 6) is 0. The van der Waals surface area contributed by atoms with E-state index in [0.717, 1.165) is 0 Å². The van der Waals surface area contributed by atoms with Gasteiger partial charge < -0.3 is 9.84 Å². The second kappa shape index (κ2) is 3.68. The van der Waals surface area contributed by atoms with Crippen LogP contribution in [0.25, 0.3) is 0 Å². The van der Waals surface area contributed by atoms with Crippen molar-refractivity contribution in [2.24, 2.45) is 5.41 Å². The van der Waals surface area contributed by atoms with Crippen LogP contribution in [-0.4, -0.2) is 47.4 Å². The molecule has 2 saturated heterocycles. The summed E-state index contributed by atoms with van der Waals surface area (Å²) in [6.45, 7) is 3.81. The first-order valence-corrected chi connectivity index (χ1v) is 6.57. The molecule has 94 valence electrons. The van der Waals surface area contributed by atoms with Crippen LogP contribution in [0.4, 0.5) is 0 Å². The van der Waals surface area contributed by atoms with Crippen molar-refractivity contribution < 1.29 is 9.84 Å². The molecule has 2 heterocycles. The molecule has 2 aliphatic heterocycles. The van der Waals surface area contributed by atoms with Gasteiger partial charge in [0.2, 0.25) is 0 Å². The Balaban J connectivity index is 1.84. The third kappa shape index (κ3) is 1.61. The van der Waals surface area contributed by atoms with Crippen LogP contribution in [0.3, 0.4) is 0 Å². The summed E-state index contributed by atoms with van der Waals surface area (Å²) in [6, 6.07) is 3.40. The van der Waals surface area contributed by atoms with Gasteiger partial charge in [-0.15, -0.1) is 0 Å². The predicted octanol–water partition coefficient (Wildman–Crippen LogP) is 0.904. The number of likely N-dealkylation sites (tertiary alicyclic amines) is 1. The van der Waals surface area contributed by atoms with Crippen molar-refractivity contribution in [3.8, 4) is 6.07 Å². The average Bonchev–Trinajstić information content (AvgIpc) is 2.92. The molecule has 1 aliphatic carbocycles. The Morgan fingerprint density at radius 3 is 2.76 bits per heavy atom. The number of β-amino-alcohol motifs (C(OH)–C–C–N with tert-alkyl or cyclic N) is 1. The minimum atomic E-state index is -0.875. The number of nitrogens with zero attached hydrogens (tertiary/aromatic N) is 2. The van der Waals surface area contributed by atoms with Crippen molar-refractivity contribution in [1.29, 1.82) is 5.26 Å². The van der Waals surface area contributed by atoms with E-state index in [4.69, 9.17) is 4.74 Å². The highest BCUT2D eigenvalue weighted by atomic mass is 16.5. The third-order valence-corrected chi connectivity index (χ3v) is 4.79. The molecule has 0 aromatic heterocycles. The summed E-state index contributed by atoms with van der Waals surface area (Å²) in [6.07, 6.45) is 3.87. The summed E-state index contributed by atoms with van der Waals surface area (Å²) in [4.78, 5) is 2.39. The maximum absolute atomic E-state index is 10.9. The Hall–Kier alpha value is -0.630. The van der Waals surface area contributed by atoms with E-state index in [-0.39, 0.29) is 0 Å². The molecule has 0 bridgehead atoms. The van der Waals surface area contributed by atoms with E-state index in [0.29, 0.717) is 44.7 Å². The summed E-state index contributed by atoms with van der Waals surface area (Å²) < 4.78 is 5.37. The average molecular weight is 236 g/mol. The molecule has 3 aliphatic rings. The fraction of sp³-hybridized carbons (Fsp3) is 0.923. The minimum Gasteiger partial charge on any atom is -0.387 e. The Morgan fingerprint density at radius 2 is 2.24 bits per heavy atom. The smallest absolute Gasteiger partial charge is 0.113 e. The van der Waals surface area contributed by atoms with Gasteiger partial charge in [0.15, 0.2) is 0 Å². The van der Waals surface area contributed by atoms with Gasteiger partial charge >= 0.3 is 0 Å².